The molecule has 0 aromatic heterocycles. The first-order chi connectivity index (χ1) is 9.74. The third-order valence-corrected chi connectivity index (χ3v) is 4.20. The lowest BCUT2D eigenvalue weighted by Gasteiger charge is -2.10. The molecule has 0 fully saturated rings. The molecule has 118 valence electrons. The summed E-state index contributed by atoms with van der Waals surface area (Å²) in [4.78, 5) is 11.0. The van der Waals surface area contributed by atoms with E-state index in [9.17, 15) is 13.2 Å². The second-order valence-corrected chi connectivity index (χ2v) is 6.92. The van der Waals surface area contributed by atoms with Crippen molar-refractivity contribution in [3.63, 3.8) is 0 Å². The molecule has 1 aromatic carbocycles. The summed E-state index contributed by atoms with van der Waals surface area (Å²) in [6.45, 7) is 6.61. The van der Waals surface area contributed by atoms with Crippen LogP contribution in [0.3, 0.4) is 0 Å². The number of aromatic carboxylic acids is 1. The van der Waals surface area contributed by atoms with Crippen molar-refractivity contribution in [1.82, 2.24) is 4.72 Å². The van der Waals surface area contributed by atoms with Crippen LogP contribution in [0.4, 0.5) is 0 Å². The minimum Gasteiger partial charge on any atom is -0.478 e. The summed E-state index contributed by atoms with van der Waals surface area (Å²) < 4.78 is 31.8. The standard InChI is InChI=1S/C14H21NO5S/c1-10(2)9-20-7-6-15-21(18,19)12-5-4-11(3)13(8-12)14(16)17/h4-5,8,10,15H,6-7,9H2,1-3H3,(H,16,17). The van der Waals surface area contributed by atoms with Gasteiger partial charge in [-0.2, -0.15) is 0 Å². The highest BCUT2D eigenvalue weighted by Crippen LogP contribution is 2.15. The summed E-state index contributed by atoms with van der Waals surface area (Å²) >= 11 is 0. The fourth-order valence-corrected chi connectivity index (χ4v) is 2.69. The first-order valence-corrected chi connectivity index (χ1v) is 8.13. The van der Waals surface area contributed by atoms with Crippen LogP contribution >= 0.6 is 0 Å². The molecule has 0 aliphatic carbocycles. The zero-order chi connectivity index (χ0) is 16.0. The maximum Gasteiger partial charge on any atom is 0.335 e. The molecule has 6 nitrogen and oxygen atoms in total. The second kappa shape index (κ2) is 7.53. The van der Waals surface area contributed by atoms with Crippen LogP contribution in [0.5, 0.6) is 0 Å². The van der Waals surface area contributed by atoms with Gasteiger partial charge in [0.15, 0.2) is 0 Å². The van der Waals surface area contributed by atoms with Gasteiger partial charge in [0, 0.05) is 13.2 Å². The van der Waals surface area contributed by atoms with Crippen molar-refractivity contribution in [1.29, 1.82) is 0 Å². The Balaban J connectivity index is 2.70. The van der Waals surface area contributed by atoms with E-state index in [-0.39, 0.29) is 23.6 Å². The highest BCUT2D eigenvalue weighted by Gasteiger charge is 2.17. The molecule has 0 atom stereocenters. The zero-order valence-corrected chi connectivity index (χ0v) is 13.2. The number of carbonyl (C=O) groups is 1. The molecule has 0 radical (unpaired) electrons. The van der Waals surface area contributed by atoms with Crippen LogP contribution in [0.15, 0.2) is 23.1 Å². The van der Waals surface area contributed by atoms with E-state index in [2.05, 4.69) is 4.72 Å². The van der Waals surface area contributed by atoms with Gasteiger partial charge >= 0.3 is 5.97 Å². The third-order valence-electron chi connectivity index (χ3n) is 2.74. The van der Waals surface area contributed by atoms with E-state index in [4.69, 9.17) is 9.84 Å². The van der Waals surface area contributed by atoms with E-state index in [0.29, 0.717) is 18.1 Å². The largest absolute Gasteiger partial charge is 0.478 e. The van der Waals surface area contributed by atoms with Crippen LogP contribution in [0, 0.1) is 12.8 Å². The predicted molar refractivity (Wildman–Crippen MR) is 79.0 cm³/mol. The molecule has 0 aliphatic heterocycles. The maximum absolute atomic E-state index is 12.1. The van der Waals surface area contributed by atoms with Crippen LogP contribution in [-0.2, 0) is 14.8 Å². The molecule has 21 heavy (non-hydrogen) atoms. The summed E-state index contributed by atoms with van der Waals surface area (Å²) in [5.41, 5.74) is 0.496. The Morgan fingerprint density at radius 2 is 2.05 bits per heavy atom. The number of sulfonamides is 1. The molecular weight excluding hydrogens is 294 g/mol. The van der Waals surface area contributed by atoms with Crippen LogP contribution in [-0.4, -0.2) is 39.3 Å². The highest BCUT2D eigenvalue weighted by molar-refractivity contribution is 7.89. The van der Waals surface area contributed by atoms with Gasteiger partial charge in [-0.05, 0) is 30.5 Å². The van der Waals surface area contributed by atoms with Gasteiger partial charge in [0.05, 0.1) is 17.1 Å². The van der Waals surface area contributed by atoms with Crippen molar-refractivity contribution in [3.8, 4) is 0 Å². The minimum atomic E-state index is -3.73. The number of benzene rings is 1. The summed E-state index contributed by atoms with van der Waals surface area (Å²) in [5, 5.41) is 9.02. The van der Waals surface area contributed by atoms with Gasteiger partial charge in [0.2, 0.25) is 10.0 Å². The third kappa shape index (κ3) is 5.45. The van der Waals surface area contributed by atoms with Crippen molar-refractivity contribution in [2.75, 3.05) is 19.8 Å². The van der Waals surface area contributed by atoms with Gasteiger partial charge in [0.1, 0.15) is 0 Å². The Morgan fingerprint density at radius 1 is 1.38 bits per heavy atom. The van der Waals surface area contributed by atoms with E-state index >= 15 is 0 Å². The fourth-order valence-electron chi connectivity index (χ4n) is 1.65. The Morgan fingerprint density at radius 3 is 2.62 bits per heavy atom. The van der Waals surface area contributed by atoms with Crippen molar-refractivity contribution in [3.05, 3.63) is 29.3 Å². The molecule has 0 heterocycles. The Bertz CT molecular complexity index is 595. The van der Waals surface area contributed by atoms with Gasteiger partial charge in [-0.3, -0.25) is 0 Å². The molecule has 1 rings (SSSR count). The van der Waals surface area contributed by atoms with E-state index in [1.807, 2.05) is 13.8 Å². The van der Waals surface area contributed by atoms with E-state index in [0.717, 1.165) is 6.07 Å². The molecular formula is C14H21NO5S. The first-order valence-electron chi connectivity index (χ1n) is 6.65. The van der Waals surface area contributed by atoms with Gasteiger partial charge < -0.3 is 9.84 Å². The second-order valence-electron chi connectivity index (χ2n) is 5.15. The molecule has 1 aromatic rings. The number of hydrogen-bond donors (Lipinski definition) is 2. The Kier molecular flexibility index (Phi) is 6.32. The van der Waals surface area contributed by atoms with E-state index in [1.165, 1.54) is 12.1 Å². The molecule has 0 bridgehead atoms. The normalized spacial score (nSPS) is 11.8. The average Bonchev–Trinajstić information content (AvgIpc) is 2.37. The molecule has 0 saturated heterocycles. The lowest BCUT2D eigenvalue weighted by atomic mass is 10.1. The number of carboxylic acid groups (broad SMARTS) is 1. The van der Waals surface area contributed by atoms with Crippen LogP contribution in [0.2, 0.25) is 0 Å². The number of nitrogens with one attached hydrogen (secondary N) is 1. The molecule has 0 unspecified atom stereocenters. The average molecular weight is 315 g/mol. The maximum atomic E-state index is 12.1. The Hall–Kier alpha value is -1.44. The zero-order valence-electron chi connectivity index (χ0n) is 12.4. The number of rotatable bonds is 8. The number of ether oxygens (including phenoxy) is 1. The SMILES string of the molecule is Cc1ccc(S(=O)(=O)NCCOCC(C)C)cc1C(=O)O. The molecule has 0 aliphatic rings. The quantitative estimate of drug-likeness (QED) is 0.712. The van der Waals surface area contributed by atoms with Gasteiger partial charge in [-0.25, -0.2) is 17.9 Å². The lowest BCUT2D eigenvalue weighted by molar-refractivity contribution is 0.0696. The van der Waals surface area contributed by atoms with E-state index in [1.54, 1.807) is 6.92 Å². The summed E-state index contributed by atoms with van der Waals surface area (Å²) in [6.07, 6.45) is 0. The summed E-state index contributed by atoms with van der Waals surface area (Å²) in [5.74, 6) is -0.762. The highest BCUT2D eigenvalue weighted by atomic mass is 32.2. The number of carboxylic acids is 1. The molecule has 0 amide bonds. The smallest absolute Gasteiger partial charge is 0.335 e. The molecule has 0 saturated carbocycles. The van der Waals surface area contributed by atoms with Crippen LogP contribution < -0.4 is 4.72 Å². The lowest BCUT2D eigenvalue weighted by Crippen LogP contribution is -2.28. The fraction of sp³-hybridized carbons (Fsp3) is 0.500. The minimum absolute atomic E-state index is 0.0195. The molecule has 0 spiro atoms. The van der Waals surface area contributed by atoms with Crippen molar-refractivity contribution >= 4 is 16.0 Å². The van der Waals surface area contributed by atoms with Crippen LogP contribution in [0.1, 0.15) is 29.8 Å². The van der Waals surface area contributed by atoms with Crippen LogP contribution in [0.25, 0.3) is 0 Å². The monoisotopic (exact) mass is 315 g/mol. The molecule has 2 N–H and O–H groups in total. The van der Waals surface area contributed by atoms with Crippen molar-refractivity contribution < 1.29 is 23.1 Å². The van der Waals surface area contributed by atoms with Gasteiger partial charge in [0.25, 0.3) is 0 Å². The number of aryl methyl sites for hydroxylation is 1. The topological polar surface area (TPSA) is 92.7 Å². The number of hydrogen-bond acceptors (Lipinski definition) is 4. The van der Waals surface area contributed by atoms with Crippen molar-refractivity contribution in [2.24, 2.45) is 5.92 Å². The van der Waals surface area contributed by atoms with Crippen molar-refractivity contribution in [2.45, 2.75) is 25.7 Å². The van der Waals surface area contributed by atoms with Gasteiger partial charge in [-0.1, -0.05) is 19.9 Å². The van der Waals surface area contributed by atoms with Gasteiger partial charge in [-0.15, -0.1) is 0 Å². The Labute approximate surface area is 125 Å². The summed E-state index contributed by atoms with van der Waals surface area (Å²) in [6, 6.07) is 4.03. The molecule has 7 heteroatoms. The van der Waals surface area contributed by atoms with E-state index < -0.39 is 16.0 Å². The first kappa shape index (κ1) is 17.6. The summed E-state index contributed by atoms with van der Waals surface area (Å²) in [7, 11) is -3.73. The predicted octanol–water partition coefficient (Wildman–Crippen LogP) is 1.64.